The Balaban J connectivity index is 1.83. The van der Waals surface area contributed by atoms with Crippen LogP contribution in [0.5, 0.6) is 5.75 Å². The highest BCUT2D eigenvalue weighted by Crippen LogP contribution is 2.34. The standard InChI is InChI=1S/C23H32N2O/c1-3-6-18-9-11-19(12-10-18)8-5-15-26-23-14-13-20(7-4-2)21(16-24)22(23)17-25/h13-14,18-19H,3-12,15H2,1-2H3. The summed E-state index contributed by atoms with van der Waals surface area (Å²) in [5.74, 6) is 2.36. The summed E-state index contributed by atoms with van der Waals surface area (Å²) in [4.78, 5) is 0. The van der Waals surface area contributed by atoms with Gasteiger partial charge < -0.3 is 4.74 Å². The predicted molar refractivity (Wildman–Crippen MR) is 105 cm³/mol. The van der Waals surface area contributed by atoms with E-state index in [-0.39, 0.29) is 0 Å². The Morgan fingerprint density at radius 3 is 2.15 bits per heavy atom. The van der Waals surface area contributed by atoms with E-state index in [0.29, 0.717) is 23.5 Å². The summed E-state index contributed by atoms with van der Waals surface area (Å²) >= 11 is 0. The highest BCUT2D eigenvalue weighted by molar-refractivity contribution is 5.57. The molecule has 0 heterocycles. The van der Waals surface area contributed by atoms with E-state index in [0.717, 1.165) is 36.7 Å². The van der Waals surface area contributed by atoms with Crippen LogP contribution in [0.3, 0.4) is 0 Å². The zero-order valence-electron chi connectivity index (χ0n) is 16.4. The molecular weight excluding hydrogens is 320 g/mol. The van der Waals surface area contributed by atoms with Crippen LogP contribution >= 0.6 is 0 Å². The highest BCUT2D eigenvalue weighted by Gasteiger charge is 2.20. The predicted octanol–water partition coefficient (Wildman–Crippen LogP) is 6.15. The van der Waals surface area contributed by atoms with Crippen molar-refractivity contribution in [3.8, 4) is 17.9 Å². The van der Waals surface area contributed by atoms with E-state index in [4.69, 9.17) is 4.74 Å². The first-order valence-corrected chi connectivity index (χ1v) is 10.3. The Kier molecular flexibility index (Phi) is 8.49. The molecule has 0 unspecified atom stereocenters. The zero-order valence-corrected chi connectivity index (χ0v) is 16.4. The fraction of sp³-hybridized carbons (Fsp3) is 0.652. The molecule has 0 amide bonds. The first kappa shape index (κ1) is 20.3. The molecule has 26 heavy (non-hydrogen) atoms. The van der Waals surface area contributed by atoms with Gasteiger partial charge in [0.25, 0.3) is 0 Å². The largest absolute Gasteiger partial charge is 0.492 e. The fourth-order valence-corrected chi connectivity index (χ4v) is 4.23. The molecular formula is C23H32N2O. The van der Waals surface area contributed by atoms with Crippen molar-refractivity contribution < 1.29 is 4.74 Å². The number of nitriles is 2. The molecule has 0 aromatic heterocycles. The van der Waals surface area contributed by atoms with E-state index in [1.54, 1.807) is 0 Å². The third-order valence-electron chi connectivity index (χ3n) is 5.67. The lowest BCUT2D eigenvalue weighted by molar-refractivity contribution is 0.230. The van der Waals surface area contributed by atoms with Gasteiger partial charge in [-0.05, 0) is 42.7 Å². The Labute approximate surface area is 159 Å². The van der Waals surface area contributed by atoms with Crippen LogP contribution in [-0.2, 0) is 6.42 Å². The van der Waals surface area contributed by atoms with E-state index in [1.807, 2.05) is 12.1 Å². The van der Waals surface area contributed by atoms with Gasteiger partial charge in [-0.25, -0.2) is 0 Å². The summed E-state index contributed by atoms with van der Waals surface area (Å²) < 4.78 is 5.88. The Morgan fingerprint density at radius 1 is 0.923 bits per heavy atom. The Morgan fingerprint density at radius 2 is 1.58 bits per heavy atom. The van der Waals surface area contributed by atoms with Crippen LogP contribution in [0.15, 0.2) is 12.1 Å². The lowest BCUT2D eigenvalue weighted by Gasteiger charge is -2.28. The van der Waals surface area contributed by atoms with Gasteiger partial charge in [-0.3, -0.25) is 0 Å². The molecule has 3 nitrogen and oxygen atoms in total. The molecule has 3 heteroatoms. The number of hydrogen-bond acceptors (Lipinski definition) is 3. The lowest BCUT2D eigenvalue weighted by Crippen LogP contribution is -2.15. The number of nitrogens with zero attached hydrogens (tertiary/aromatic N) is 2. The summed E-state index contributed by atoms with van der Waals surface area (Å²) in [7, 11) is 0. The second-order valence-electron chi connectivity index (χ2n) is 7.61. The van der Waals surface area contributed by atoms with Crippen LogP contribution in [0.25, 0.3) is 0 Å². The van der Waals surface area contributed by atoms with Crippen LogP contribution in [0, 0.1) is 34.5 Å². The number of benzene rings is 1. The molecule has 0 aliphatic heterocycles. The highest BCUT2D eigenvalue weighted by atomic mass is 16.5. The second-order valence-corrected chi connectivity index (χ2v) is 7.61. The SMILES string of the molecule is CCCc1ccc(OCCCC2CCC(CCC)CC2)c(C#N)c1C#N. The molecule has 1 aromatic carbocycles. The molecule has 0 saturated heterocycles. The number of hydrogen-bond donors (Lipinski definition) is 0. The maximum atomic E-state index is 9.47. The molecule has 0 N–H and O–H groups in total. The minimum atomic E-state index is 0.401. The van der Waals surface area contributed by atoms with Crippen molar-refractivity contribution in [1.29, 1.82) is 10.5 Å². The molecule has 1 aliphatic rings. The molecule has 0 spiro atoms. The second kappa shape index (κ2) is 10.9. The molecule has 0 atom stereocenters. The van der Waals surface area contributed by atoms with E-state index in [2.05, 4.69) is 26.0 Å². The quantitative estimate of drug-likeness (QED) is 0.501. The van der Waals surface area contributed by atoms with Gasteiger partial charge in [0.15, 0.2) is 0 Å². The van der Waals surface area contributed by atoms with Crippen molar-refractivity contribution in [2.45, 2.75) is 78.1 Å². The molecule has 0 radical (unpaired) electrons. The van der Waals surface area contributed by atoms with Gasteiger partial charge in [-0.2, -0.15) is 10.5 Å². The Hall–Kier alpha value is -2.00. The van der Waals surface area contributed by atoms with Crippen LogP contribution in [0.1, 0.15) is 88.3 Å². The van der Waals surface area contributed by atoms with Crippen LogP contribution in [0.4, 0.5) is 0 Å². The van der Waals surface area contributed by atoms with Gasteiger partial charge in [0, 0.05) is 0 Å². The van der Waals surface area contributed by atoms with Gasteiger partial charge in [0.1, 0.15) is 23.5 Å². The van der Waals surface area contributed by atoms with Crippen LogP contribution in [0.2, 0.25) is 0 Å². The van der Waals surface area contributed by atoms with E-state index >= 15 is 0 Å². The minimum Gasteiger partial charge on any atom is -0.492 e. The maximum absolute atomic E-state index is 9.47. The van der Waals surface area contributed by atoms with Crippen molar-refractivity contribution in [3.05, 3.63) is 28.8 Å². The zero-order chi connectivity index (χ0) is 18.8. The first-order chi connectivity index (χ1) is 12.7. The summed E-state index contributed by atoms with van der Waals surface area (Å²) in [6, 6.07) is 8.17. The number of aryl methyl sites for hydroxylation is 1. The molecule has 1 aliphatic carbocycles. The van der Waals surface area contributed by atoms with Gasteiger partial charge >= 0.3 is 0 Å². The maximum Gasteiger partial charge on any atom is 0.138 e. The summed E-state index contributed by atoms with van der Waals surface area (Å²) in [6.07, 6.45) is 12.2. The first-order valence-electron chi connectivity index (χ1n) is 10.3. The van der Waals surface area contributed by atoms with Crippen molar-refractivity contribution in [3.63, 3.8) is 0 Å². The third-order valence-corrected chi connectivity index (χ3v) is 5.67. The van der Waals surface area contributed by atoms with Gasteiger partial charge in [-0.1, -0.05) is 64.9 Å². The molecule has 1 saturated carbocycles. The van der Waals surface area contributed by atoms with Crippen LogP contribution in [-0.4, -0.2) is 6.61 Å². The molecule has 0 bridgehead atoms. The third kappa shape index (κ3) is 5.50. The fourth-order valence-electron chi connectivity index (χ4n) is 4.23. The van der Waals surface area contributed by atoms with Crippen molar-refractivity contribution in [2.24, 2.45) is 11.8 Å². The smallest absolute Gasteiger partial charge is 0.138 e. The van der Waals surface area contributed by atoms with Gasteiger partial charge in [-0.15, -0.1) is 0 Å². The van der Waals surface area contributed by atoms with E-state index < -0.39 is 0 Å². The molecule has 2 rings (SSSR count). The molecule has 1 aromatic rings. The average molecular weight is 353 g/mol. The number of rotatable bonds is 9. The van der Waals surface area contributed by atoms with E-state index in [9.17, 15) is 10.5 Å². The minimum absolute atomic E-state index is 0.401. The van der Waals surface area contributed by atoms with E-state index in [1.165, 1.54) is 44.9 Å². The normalized spacial score (nSPS) is 19.5. The topological polar surface area (TPSA) is 56.8 Å². The Bertz CT molecular complexity index is 645. The van der Waals surface area contributed by atoms with Crippen LogP contribution < -0.4 is 4.74 Å². The van der Waals surface area contributed by atoms with Crippen molar-refractivity contribution in [1.82, 2.24) is 0 Å². The number of ether oxygens (including phenoxy) is 1. The van der Waals surface area contributed by atoms with Crippen molar-refractivity contribution in [2.75, 3.05) is 6.61 Å². The van der Waals surface area contributed by atoms with Crippen molar-refractivity contribution >= 4 is 0 Å². The average Bonchev–Trinajstić information content (AvgIpc) is 2.67. The lowest BCUT2D eigenvalue weighted by atomic mass is 9.78. The molecule has 1 fully saturated rings. The van der Waals surface area contributed by atoms with Gasteiger partial charge in [0.2, 0.25) is 0 Å². The summed E-state index contributed by atoms with van der Waals surface area (Å²) in [5, 5.41) is 18.9. The van der Waals surface area contributed by atoms with Gasteiger partial charge in [0.05, 0.1) is 12.2 Å². The monoisotopic (exact) mass is 352 g/mol. The molecule has 140 valence electrons. The summed E-state index contributed by atoms with van der Waals surface area (Å²) in [5.41, 5.74) is 1.84. The summed E-state index contributed by atoms with van der Waals surface area (Å²) in [6.45, 7) is 4.99.